The number of nitrogens with zero attached hydrogens (tertiary/aromatic N) is 4. The number of carbonyl (C=O) groups excluding carboxylic acids is 2. The van der Waals surface area contributed by atoms with Gasteiger partial charge in [0.05, 0.1) is 10.2 Å². The molecule has 1 unspecified atom stereocenters. The summed E-state index contributed by atoms with van der Waals surface area (Å²) >= 11 is 2.07. The van der Waals surface area contributed by atoms with Crippen LogP contribution < -0.4 is 5.32 Å². The molecule has 4 aromatic rings. The van der Waals surface area contributed by atoms with E-state index in [2.05, 4.69) is 25.5 Å². The van der Waals surface area contributed by atoms with Crippen LogP contribution in [0.5, 0.6) is 0 Å². The molecule has 14 heteroatoms. The number of imide groups is 1. The lowest BCUT2D eigenvalue weighted by Crippen LogP contribution is -2.25. The van der Waals surface area contributed by atoms with Crippen LogP contribution in [0, 0.1) is 5.95 Å². The van der Waals surface area contributed by atoms with Crippen LogP contribution in [0.4, 0.5) is 9.18 Å². The van der Waals surface area contributed by atoms with Crippen molar-refractivity contribution in [1.29, 1.82) is 0 Å². The van der Waals surface area contributed by atoms with Gasteiger partial charge in [0.2, 0.25) is 23.6 Å². The number of hydrogen-bond acceptors (Lipinski definition) is 11. The average Bonchev–Trinajstić information content (AvgIpc) is 3.46. The maximum Gasteiger partial charge on any atom is 0.286 e. The number of fused-ring (bicyclic) bond motifs is 1. The van der Waals surface area contributed by atoms with Gasteiger partial charge >= 0.3 is 0 Å². The Morgan fingerprint density at radius 1 is 1.06 bits per heavy atom. The van der Waals surface area contributed by atoms with Crippen molar-refractivity contribution in [2.45, 2.75) is 23.2 Å². The van der Waals surface area contributed by atoms with Crippen molar-refractivity contribution >= 4 is 54.3 Å². The number of rotatable bonds is 7. The van der Waals surface area contributed by atoms with Gasteiger partial charge in [0, 0.05) is 18.2 Å². The Morgan fingerprint density at radius 2 is 1.85 bits per heavy atom. The zero-order valence-electron chi connectivity index (χ0n) is 17.1. The highest BCUT2D eigenvalue weighted by Crippen LogP contribution is 2.29. The predicted molar refractivity (Wildman–Crippen MR) is 122 cm³/mol. The van der Waals surface area contributed by atoms with E-state index in [-0.39, 0.29) is 24.0 Å². The van der Waals surface area contributed by atoms with Crippen molar-refractivity contribution in [3.8, 4) is 11.1 Å². The van der Waals surface area contributed by atoms with Gasteiger partial charge in [-0.1, -0.05) is 17.8 Å². The largest absolute Gasteiger partial charge is 0.424 e. The number of thioether (sulfide) groups is 1. The van der Waals surface area contributed by atoms with Crippen LogP contribution in [0.1, 0.15) is 16.8 Å². The number of sulfone groups is 1. The maximum atomic E-state index is 13.1. The van der Waals surface area contributed by atoms with Gasteiger partial charge in [-0.15, -0.1) is 21.5 Å². The van der Waals surface area contributed by atoms with Crippen LogP contribution in [0.2, 0.25) is 0 Å². The van der Waals surface area contributed by atoms with E-state index in [1.807, 2.05) is 12.1 Å². The van der Waals surface area contributed by atoms with E-state index >= 15 is 0 Å². The summed E-state index contributed by atoms with van der Waals surface area (Å²) in [5.74, 6) is -1.83. The van der Waals surface area contributed by atoms with Crippen molar-refractivity contribution in [1.82, 2.24) is 25.5 Å². The molecular formula is C20H14FN5O5S3. The first kappa shape index (κ1) is 22.6. The average molecular weight is 520 g/mol. The Hall–Kier alpha value is -3.23. The van der Waals surface area contributed by atoms with Crippen molar-refractivity contribution in [2.24, 2.45) is 0 Å². The van der Waals surface area contributed by atoms with E-state index in [0.717, 1.165) is 27.6 Å². The highest BCUT2D eigenvalue weighted by molar-refractivity contribution is 8.15. The number of hydrogen-bond donors (Lipinski definition) is 1. The highest BCUT2D eigenvalue weighted by atomic mass is 32.2. The molecule has 1 saturated heterocycles. The van der Waals surface area contributed by atoms with Gasteiger partial charge in [0.15, 0.2) is 9.84 Å². The topological polar surface area (TPSA) is 145 Å². The molecule has 1 aliphatic rings. The first-order valence-corrected chi connectivity index (χ1v) is 13.3. The second kappa shape index (κ2) is 8.85. The summed E-state index contributed by atoms with van der Waals surface area (Å²) < 4.78 is 44.6. The lowest BCUT2D eigenvalue weighted by molar-refractivity contribution is -0.119. The van der Waals surface area contributed by atoms with E-state index in [1.54, 1.807) is 12.1 Å². The summed E-state index contributed by atoms with van der Waals surface area (Å²) in [6.45, 7) is 0. The summed E-state index contributed by atoms with van der Waals surface area (Å²) in [4.78, 5) is 31.0. The molecule has 34 heavy (non-hydrogen) atoms. The van der Waals surface area contributed by atoms with Crippen molar-refractivity contribution in [3.05, 3.63) is 59.3 Å². The number of amides is 2. The van der Waals surface area contributed by atoms with Crippen molar-refractivity contribution in [2.75, 3.05) is 0 Å². The minimum Gasteiger partial charge on any atom is -0.424 e. The van der Waals surface area contributed by atoms with Crippen molar-refractivity contribution < 1.29 is 26.8 Å². The molecule has 0 saturated carbocycles. The van der Waals surface area contributed by atoms with Gasteiger partial charge in [-0.2, -0.15) is 4.39 Å². The van der Waals surface area contributed by atoms with Crippen LogP contribution in [0.3, 0.4) is 0 Å². The van der Waals surface area contributed by atoms with Crippen LogP contribution >= 0.6 is 23.1 Å². The van der Waals surface area contributed by atoms with Crippen LogP contribution in [-0.4, -0.2) is 45.0 Å². The van der Waals surface area contributed by atoms with Gasteiger partial charge < -0.3 is 4.42 Å². The van der Waals surface area contributed by atoms with Crippen LogP contribution in [-0.2, 0) is 32.6 Å². The zero-order chi connectivity index (χ0) is 23.9. The van der Waals surface area contributed by atoms with E-state index in [9.17, 15) is 22.4 Å². The second-order valence-electron chi connectivity index (χ2n) is 7.37. The summed E-state index contributed by atoms with van der Waals surface area (Å²) in [5.41, 5.74) is 2.19. The number of pyridine rings is 1. The molecule has 0 radical (unpaired) electrons. The number of thiazole rings is 1. The molecule has 1 aliphatic heterocycles. The van der Waals surface area contributed by atoms with E-state index in [4.69, 9.17) is 4.42 Å². The maximum absolute atomic E-state index is 13.1. The Kier molecular flexibility index (Phi) is 5.87. The second-order valence-corrected chi connectivity index (χ2v) is 11.7. The lowest BCUT2D eigenvalue weighted by Gasteiger charge is -2.00. The minimum absolute atomic E-state index is 0.0269. The molecule has 2 amide bonds. The molecule has 10 nitrogen and oxygen atoms in total. The smallest absolute Gasteiger partial charge is 0.286 e. The monoisotopic (exact) mass is 519 g/mol. The first-order chi connectivity index (χ1) is 16.2. The number of aromatic nitrogens is 4. The fourth-order valence-electron chi connectivity index (χ4n) is 3.30. The third-order valence-corrected chi connectivity index (χ3v) is 8.40. The van der Waals surface area contributed by atoms with Gasteiger partial charge in [-0.25, -0.2) is 18.4 Å². The quantitative estimate of drug-likeness (QED) is 0.362. The molecule has 4 heterocycles. The number of nitrogens with one attached hydrogen (secondary N) is 1. The molecule has 1 fully saturated rings. The molecule has 0 bridgehead atoms. The predicted octanol–water partition coefficient (Wildman–Crippen LogP) is 2.89. The van der Waals surface area contributed by atoms with Crippen LogP contribution in [0.25, 0.3) is 21.3 Å². The minimum atomic E-state index is -3.67. The fraction of sp³-hybridized carbons (Fsp3) is 0.200. The Bertz CT molecular complexity index is 1520. The standard InChI is InChI=1S/C20H14FN5O5S3/c21-15-4-2-11(7-22-15)10-1-3-12-13(5-10)32-18(23-12)9-34(29,30)8-17-26-25-16(31-17)6-14-19(27)24-20(28)33-14/h1-5,7,14H,6,8-9H2,(H,24,27,28). The highest BCUT2D eigenvalue weighted by Gasteiger charge is 2.33. The third-order valence-electron chi connectivity index (χ3n) is 4.82. The number of halogens is 1. The van der Waals surface area contributed by atoms with Crippen LogP contribution in [0.15, 0.2) is 40.9 Å². The summed E-state index contributed by atoms with van der Waals surface area (Å²) in [7, 11) is -3.67. The Morgan fingerprint density at radius 3 is 2.59 bits per heavy atom. The van der Waals surface area contributed by atoms with Gasteiger partial charge in [-0.3, -0.25) is 14.9 Å². The zero-order valence-corrected chi connectivity index (χ0v) is 19.5. The molecule has 0 aliphatic carbocycles. The fourth-order valence-corrected chi connectivity index (χ4v) is 6.72. The van der Waals surface area contributed by atoms with E-state index < -0.39 is 37.9 Å². The van der Waals surface area contributed by atoms with Crippen molar-refractivity contribution in [3.63, 3.8) is 0 Å². The Labute approximate surface area is 199 Å². The normalized spacial score (nSPS) is 16.3. The lowest BCUT2D eigenvalue weighted by atomic mass is 10.1. The van der Waals surface area contributed by atoms with E-state index in [0.29, 0.717) is 10.5 Å². The van der Waals surface area contributed by atoms with Gasteiger partial charge in [0.1, 0.15) is 21.8 Å². The van der Waals surface area contributed by atoms with E-state index in [1.165, 1.54) is 23.6 Å². The van der Waals surface area contributed by atoms with Gasteiger partial charge in [-0.05, 0) is 29.8 Å². The first-order valence-electron chi connectivity index (χ1n) is 9.79. The summed E-state index contributed by atoms with van der Waals surface area (Å²) in [6.07, 6.45) is 1.45. The summed E-state index contributed by atoms with van der Waals surface area (Å²) in [5, 5.41) is 8.96. The Balaban J connectivity index is 1.27. The molecule has 3 aromatic heterocycles. The SMILES string of the molecule is O=C1NC(=O)C(Cc2nnc(CS(=O)(=O)Cc3nc4ccc(-c5ccc(F)nc5)cc4s3)o2)S1. The van der Waals surface area contributed by atoms with Gasteiger partial charge in [0.25, 0.3) is 5.24 Å². The molecule has 1 atom stereocenters. The molecule has 5 rings (SSSR count). The molecular weight excluding hydrogens is 505 g/mol. The molecule has 1 N–H and O–H groups in total. The number of carbonyl (C=O) groups is 2. The molecule has 0 spiro atoms. The molecule has 1 aromatic carbocycles. The number of benzene rings is 1. The third kappa shape index (κ3) is 4.98. The summed E-state index contributed by atoms with van der Waals surface area (Å²) in [6, 6.07) is 8.32. The molecule has 174 valence electrons.